The average molecular weight is 1080 g/mol. The second-order valence-electron chi connectivity index (χ2n) is 15.6. The monoisotopic (exact) mass is 1080 g/mol. The van der Waals surface area contributed by atoms with Gasteiger partial charge in [0.25, 0.3) is 0 Å². The van der Waals surface area contributed by atoms with Gasteiger partial charge in [-0.25, -0.2) is 27.5 Å². The molecule has 0 radical (unpaired) electrons. The van der Waals surface area contributed by atoms with E-state index in [-0.39, 0.29) is 164 Å². The van der Waals surface area contributed by atoms with Crippen molar-refractivity contribution in [1.82, 2.24) is 19.9 Å². The predicted molar refractivity (Wildman–Crippen MR) is 232 cm³/mol. The fraction of sp³-hybridized carbons (Fsp3) is 0.102. The number of phenols is 3. The molecule has 0 saturated carbocycles. The number of benzene rings is 4. The van der Waals surface area contributed by atoms with Gasteiger partial charge in [-0.3, -0.25) is 0 Å². The summed E-state index contributed by atoms with van der Waals surface area (Å²) in [5, 5.41) is 31.7. The van der Waals surface area contributed by atoms with Crippen molar-refractivity contribution in [1.29, 1.82) is 0 Å². The van der Waals surface area contributed by atoms with E-state index in [0.29, 0.717) is 39.0 Å². The summed E-state index contributed by atoms with van der Waals surface area (Å²) < 4.78 is 179. The molecule has 8 nitrogen and oxygen atoms in total. The fourth-order valence-electron chi connectivity index (χ4n) is 7.96. The molecule has 0 unspecified atom stereocenters. The maximum Gasteiger partial charge on any atom is 0.381 e. The molecule has 0 spiro atoms. The number of aromatic hydroxyl groups is 3. The number of nitrogens with one attached hydrogen (secondary N) is 2. The molecule has 0 aliphatic carbocycles. The number of aromatic nitrogens is 4. The van der Waals surface area contributed by atoms with E-state index in [0.717, 1.165) is 0 Å². The van der Waals surface area contributed by atoms with Gasteiger partial charge in [0, 0.05) is 158 Å². The molecule has 2 aliphatic rings. The molecule has 0 amide bonds. The normalized spacial score (nSPS) is 12.3. The van der Waals surface area contributed by atoms with Crippen molar-refractivity contribution < 1.29 is 186 Å². The van der Waals surface area contributed by atoms with Gasteiger partial charge in [-0.15, -0.1) is 0 Å². The molecule has 5 heterocycles. The Bertz CT molecular complexity index is 3420. The first kappa shape index (κ1) is 56.9. The van der Waals surface area contributed by atoms with Gasteiger partial charge < -0.3 is 30.0 Å². The molecule has 4 aromatic carbocycles. The molecule has 8 bridgehead atoms. The van der Waals surface area contributed by atoms with E-state index in [9.17, 15) is 50.4 Å². The molecule has 9 rings (SSSR count). The summed E-state index contributed by atoms with van der Waals surface area (Å²) >= 11 is 0. The Kier molecular flexibility index (Phi) is 17.3. The zero-order chi connectivity index (χ0) is 49.3. The number of H-pyrrole nitrogens is 2. The van der Waals surface area contributed by atoms with Crippen molar-refractivity contribution in [2.75, 3.05) is 6.61 Å². The molecule has 23 heteroatoms. The number of rotatable bonds is 10. The molecule has 0 atom stereocenters. The van der Waals surface area contributed by atoms with Crippen molar-refractivity contribution >= 4 is 46.4 Å². The molecule has 2 aliphatic heterocycles. The predicted octanol–water partition coefficient (Wildman–Crippen LogP) is 13.5. The summed E-state index contributed by atoms with van der Waals surface area (Å²) in [4.78, 5) is 15.9. The van der Waals surface area contributed by atoms with E-state index in [1.807, 2.05) is 0 Å². The van der Waals surface area contributed by atoms with Crippen molar-refractivity contribution in [3.63, 3.8) is 0 Å². The Hall–Kier alpha value is -4.38. The number of alkyl halides is 8. The third-order valence-electron chi connectivity index (χ3n) is 11.2. The Morgan fingerprint density at radius 3 is 1.14 bits per heavy atom. The van der Waals surface area contributed by atoms with Crippen LogP contribution in [0.3, 0.4) is 0 Å². The van der Waals surface area contributed by atoms with Gasteiger partial charge in [0.15, 0.2) is 24.0 Å². The first-order valence-electron chi connectivity index (χ1n) is 20.1. The molecular weight excluding hydrogens is 1060 g/mol. The maximum absolute atomic E-state index is 16.5. The molecule has 5 N–H and O–H groups in total. The molecule has 7 aromatic rings. The zero-order valence-electron chi connectivity index (χ0n) is 35.6. The van der Waals surface area contributed by atoms with Crippen molar-refractivity contribution in [2.24, 2.45) is 0 Å². The third-order valence-corrected chi connectivity index (χ3v) is 11.2. The molecule has 3 aromatic heterocycles. The third kappa shape index (κ3) is 10.2. The maximum atomic E-state index is 16.5. The van der Waals surface area contributed by atoms with Crippen LogP contribution >= 0.6 is 0 Å². The minimum absolute atomic E-state index is 0. The van der Waals surface area contributed by atoms with E-state index in [1.54, 1.807) is 48.6 Å². The summed E-state index contributed by atoms with van der Waals surface area (Å²) in [6.07, 6.45) is 0.465. The SMILES string of the molecule is Oc1cccc(-c2c3nc(c(-c4cccc(O)c4)c4ccc([nH]4)c(-c4c(F)c(F)c(OCC(F)(F)C(F)(F)C(F)(F)C(F)F)c(F)c4F)c4nc(c(-c5cccc(O)c5)c5ccc2[nH]5)C=C4)C=C3)c1.[Ar].[Ar].[Ar]. The molecule has 0 fully saturated rings. The second-order valence-corrected chi connectivity index (χ2v) is 15.6. The standard InChI is InChI=1S/C49H28F12N4O4.3Ar/c50-41-40(42(51)44(53)45(43(41)52)69-21-47(56,57)49(60,61)48(58,59)46(54)55)39-34-16-14-32(64-34)37(23-5-2-8-26(67)19-23)30-12-10-28(62-30)36(22-4-1-7-25(66)18-22)29-11-13-31(63-29)38(33-15-17-35(39)65-33)24-6-3-9-27(68)20-24;;;/h1-20,46,62,65-68H,21H2;;;. The van der Waals surface area contributed by atoms with E-state index >= 15 is 17.6 Å². The molecule has 376 valence electrons. The number of halogens is 12. The quantitative estimate of drug-likeness (QED) is 0.0686. The average Bonchev–Trinajstić information content (AvgIpc) is 4.15. The van der Waals surface area contributed by atoms with E-state index in [2.05, 4.69) is 19.7 Å². The summed E-state index contributed by atoms with van der Waals surface area (Å²) in [7, 11) is 0. The number of hydrogen-bond acceptors (Lipinski definition) is 6. The van der Waals surface area contributed by atoms with Crippen LogP contribution in [-0.4, -0.2) is 66.1 Å². The summed E-state index contributed by atoms with van der Waals surface area (Å²) in [6.45, 7) is -3.15. The smallest absolute Gasteiger partial charge is 0.381 e. The topological polar surface area (TPSA) is 127 Å². The summed E-state index contributed by atoms with van der Waals surface area (Å²) in [5.74, 6) is -32.8. The number of nitrogens with zero attached hydrogens (tertiary/aromatic N) is 2. The van der Waals surface area contributed by atoms with Gasteiger partial charge in [-0.1, -0.05) is 36.4 Å². The van der Waals surface area contributed by atoms with Crippen LogP contribution in [0.5, 0.6) is 23.0 Å². The van der Waals surface area contributed by atoms with Gasteiger partial charge >= 0.3 is 24.2 Å². The minimum atomic E-state index is -6.89. The van der Waals surface area contributed by atoms with Gasteiger partial charge in [-0.05, 0) is 102 Å². The van der Waals surface area contributed by atoms with Gasteiger partial charge in [0.2, 0.25) is 11.6 Å². The van der Waals surface area contributed by atoms with Crippen LogP contribution in [0.4, 0.5) is 52.7 Å². The minimum Gasteiger partial charge on any atom is -0.508 e. The van der Waals surface area contributed by atoms with Crippen LogP contribution in [0, 0.1) is 136 Å². The number of fused-ring (bicyclic) bond motifs is 8. The van der Waals surface area contributed by atoms with Crippen molar-refractivity contribution in [2.45, 2.75) is 24.2 Å². The van der Waals surface area contributed by atoms with E-state index < -0.39 is 76.6 Å². The summed E-state index contributed by atoms with van der Waals surface area (Å²) in [6, 6.07) is 23.9. The van der Waals surface area contributed by atoms with Crippen LogP contribution < -0.4 is 4.74 Å². The number of hydrogen-bond donors (Lipinski definition) is 5. The second kappa shape index (κ2) is 21.8. The van der Waals surface area contributed by atoms with Crippen LogP contribution in [0.1, 0.15) is 22.8 Å². The molecule has 72 heavy (non-hydrogen) atoms. The molecular formula is C49H28Ar3F12N4O4. The first-order valence-corrected chi connectivity index (χ1v) is 20.1. The van der Waals surface area contributed by atoms with Crippen LogP contribution in [0.15, 0.2) is 97.1 Å². The molecule has 0 saturated heterocycles. The Balaban J connectivity index is 0.00000282. The number of aromatic amines is 2. The van der Waals surface area contributed by atoms with E-state index in [1.165, 1.54) is 72.8 Å². The van der Waals surface area contributed by atoms with Crippen LogP contribution in [0.25, 0.3) is 90.9 Å². The Morgan fingerprint density at radius 2 is 0.806 bits per heavy atom. The van der Waals surface area contributed by atoms with Gasteiger partial charge in [0.05, 0.1) is 28.3 Å². The Labute approximate surface area is 488 Å². The van der Waals surface area contributed by atoms with Crippen LogP contribution in [-0.2, 0) is 0 Å². The van der Waals surface area contributed by atoms with Crippen LogP contribution in [0.2, 0.25) is 0 Å². The van der Waals surface area contributed by atoms with Crippen molar-refractivity contribution in [3.8, 4) is 67.5 Å². The number of phenolic OH excluding ortho intramolecular Hbond substituents is 3. The van der Waals surface area contributed by atoms with Crippen molar-refractivity contribution in [3.05, 3.63) is 143 Å². The van der Waals surface area contributed by atoms with E-state index in [4.69, 9.17) is 4.98 Å². The zero-order valence-corrected chi connectivity index (χ0v) is 37.7. The Morgan fingerprint density at radius 1 is 0.472 bits per heavy atom. The fourth-order valence-corrected chi connectivity index (χ4v) is 7.96. The van der Waals surface area contributed by atoms with Gasteiger partial charge in [-0.2, -0.15) is 35.1 Å². The summed E-state index contributed by atoms with van der Waals surface area (Å²) in [5.41, 5.74) is 0.519. The number of ether oxygens (including phenoxy) is 1. The largest absolute Gasteiger partial charge is 0.508 e. The first-order chi connectivity index (χ1) is 32.7. The van der Waals surface area contributed by atoms with Gasteiger partial charge in [0.1, 0.15) is 17.2 Å².